The Morgan fingerprint density at radius 3 is 2.38 bits per heavy atom. The highest BCUT2D eigenvalue weighted by atomic mass is 16.6. The van der Waals surface area contributed by atoms with Crippen LogP contribution in [-0.2, 0) is 35.5 Å². The van der Waals surface area contributed by atoms with Gasteiger partial charge in [0.15, 0.2) is 18.1 Å². The Bertz CT molecular complexity index is 1240. The van der Waals surface area contributed by atoms with Crippen LogP contribution in [0.4, 0.5) is 0 Å². The molecule has 0 atom stereocenters. The van der Waals surface area contributed by atoms with E-state index >= 15 is 0 Å². The second-order valence-electron chi connectivity index (χ2n) is 11.0. The number of carbonyl (C=O) groups excluding carboxylic acids is 2. The highest BCUT2D eigenvalue weighted by Gasteiger charge is 2.33. The fourth-order valence-corrected chi connectivity index (χ4v) is 5.44. The van der Waals surface area contributed by atoms with Gasteiger partial charge in [-0.1, -0.05) is 32.1 Å². The minimum absolute atomic E-state index is 0.0627. The third-order valence-electron chi connectivity index (χ3n) is 7.62. The number of esters is 1. The van der Waals surface area contributed by atoms with Gasteiger partial charge in [-0.25, -0.2) is 9.59 Å². The third-order valence-corrected chi connectivity index (χ3v) is 7.62. The molecule has 0 aliphatic heterocycles. The van der Waals surface area contributed by atoms with Crippen molar-refractivity contribution in [3.8, 4) is 0 Å². The van der Waals surface area contributed by atoms with E-state index in [9.17, 15) is 19.2 Å². The molecule has 0 radical (unpaired) electrons. The van der Waals surface area contributed by atoms with E-state index in [-0.39, 0.29) is 29.3 Å². The molecule has 2 aromatic heterocycles. The Balaban J connectivity index is 1.56. The summed E-state index contributed by atoms with van der Waals surface area (Å²) in [5, 5.41) is 2.69. The molecule has 2 aromatic rings. The first-order valence-corrected chi connectivity index (χ1v) is 13.5. The van der Waals surface area contributed by atoms with Crippen LogP contribution in [0, 0.1) is 12.8 Å². The zero-order valence-electron chi connectivity index (χ0n) is 22.2. The fourth-order valence-electron chi connectivity index (χ4n) is 5.44. The standard InChI is InChI=1S/C28H38N2O7/c1-18-23(37-27(34)36-18)17-35-26(33)28(2,3)29-24(31)21-15-20-13-9-4-5-10-14-22(20)30(25(21)32)16-19-11-7-6-8-12-19/h15,19H,4-14,16-17H2,1-3H3,(H,29,31). The van der Waals surface area contributed by atoms with E-state index in [1.165, 1.54) is 40.0 Å². The number of nitrogens with one attached hydrogen (secondary N) is 1. The monoisotopic (exact) mass is 514 g/mol. The van der Waals surface area contributed by atoms with E-state index in [4.69, 9.17) is 13.6 Å². The number of fused-ring (bicyclic) bond motifs is 1. The molecule has 0 spiro atoms. The van der Waals surface area contributed by atoms with Gasteiger partial charge in [0.2, 0.25) is 0 Å². The van der Waals surface area contributed by atoms with E-state index in [0.717, 1.165) is 62.6 Å². The van der Waals surface area contributed by atoms with Crippen molar-refractivity contribution < 1.29 is 23.2 Å². The van der Waals surface area contributed by atoms with Crippen LogP contribution in [0.15, 0.2) is 24.5 Å². The smallest absolute Gasteiger partial charge is 0.456 e. The molecule has 2 aliphatic rings. The zero-order chi connectivity index (χ0) is 26.6. The molecule has 202 valence electrons. The zero-order valence-corrected chi connectivity index (χ0v) is 22.2. The quantitative estimate of drug-likeness (QED) is 0.550. The van der Waals surface area contributed by atoms with Crippen molar-refractivity contribution in [1.82, 2.24) is 9.88 Å². The molecule has 1 saturated carbocycles. The summed E-state index contributed by atoms with van der Waals surface area (Å²) >= 11 is 0. The molecule has 2 aliphatic carbocycles. The van der Waals surface area contributed by atoms with E-state index in [1.807, 2.05) is 4.57 Å². The van der Waals surface area contributed by atoms with Crippen LogP contribution in [0.2, 0.25) is 0 Å². The minimum Gasteiger partial charge on any atom is -0.456 e. The van der Waals surface area contributed by atoms with E-state index < -0.39 is 23.2 Å². The van der Waals surface area contributed by atoms with Gasteiger partial charge in [0.25, 0.3) is 11.5 Å². The average Bonchev–Trinajstić information content (AvgIpc) is 3.16. The Kier molecular flexibility index (Phi) is 8.39. The maximum absolute atomic E-state index is 13.7. The van der Waals surface area contributed by atoms with Gasteiger partial charge in [0.1, 0.15) is 11.1 Å². The molecule has 4 rings (SSSR count). The number of aromatic nitrogens is 1. The molecule has 0 saturated heterocycles. The molecule has 9 heteroatoms. The molecule has 1 fully saturated rings. The molecule has 1 N–H and O–H groups in total. The number of hydrogen-bond donors (Lipinski definition) is 1. The predicted molar refractivity (Wildman–Crippen MR) is 136 cm³/mol. The van der Waals surface area contributed by atoms with Gasteiger partial charge >= 0.3 is 11.8 Å². The van der Waals surface area contributed by atoms with Crippen LogP contribution in [0.1, 0.15) is 105 Å². The predicted octanol–water partition coefficient (Wildman–Crippen LogP) is 4.19. The number of rotatable bonds is 7. The van der Waals surface area contributed by atoms with Crippen molar-refractivity contribution in [2.45, 2.75) is 110 Å². The van der Waals surface area contributed by atoms with Crippen LogP contribution in [0.25, 0.3) is 0 Å². The number of carbonyl (C=O) groups is 2. The lowest BCUT2D eigenvalue weighted by atomic mass is 9.88. The van der Waals surface area contributed by atoms with E-state index in [0.29, 0.717) is 12.5 Å². The molecular formula is C28H38N2O7. The number of aryl methyl sites for hydroxylation is 2. The second-order valence-corrected chi connectivity index (χ2v) is 11.0. The second kappa shape index (κ2) is 11.5. The summed E-state index contributed by atoms with van der Waals surface area (Å²) in [6.07, 6.45) is 11.8. The summed E-state index contributed by atoms with van der Waals surface area (Å²) < 4.78 is 16.8. The van der Waals surface area contributed by atoms with Gasteiger partial charge in [-0.15, -0.1) is 0 Å². The topological polar surface area (TPSA) is 121 Å². The highest BCUT2D eigenvalue weighted by Crippen LogP contribution is 2.27. The maximum Gasteiger partial charge on any atom is 0.519 e. The van der Waals surface area contributed by atoms with Gasteiger partial charge in [-0.05, 0) is 76.8 Å². The summed E-state index contributed by atoms with van der Waals surface area (Å²) in [4.78, 5) is 51.1. The van der Waals surface area contributed by atoms with Gasteiger partial charge in [-0.3, -0.25) is 9.59 Å². The van der Waals surface area contributed by atoms with Crippen molar-refractivity contribution in [2.24, 2.45) is 5.92 Å². The largest absolute Gasteiger partial charge is 0.519 e. The van der Waals surface area contributed by atoms with Crippen LogP contribution in [0.5, 0.6) is 0 Å². The first kappa shape index (κ1) is 26.9. The Morgan fingerprint density at radius 1 is 1.03 bits per heavy atom. The molecule has 9 nitrogen and oxygen atoms in total. The van der Waals surface area contributed by atoms with Crippen molar-refractivity contribution in [3.63, 3.8) is 0 Å². The Hall–Kier alpha value is -3.10. The van der Waals surface area contributed by atoms with Gasteiger partial charge < -0.3 is 23.5 Å². The normalized spacial score (nSPS) is 16.9. The number of amides is 1. The first-order chi connectivity index (χ1) is 17.7. The third kappa shape index (κ3) is 6.43. The number of nitrogens with zero attached hydrogens (tertiary/aromatic N) is 1. The summed E-state index contributed by atoms with van der Waals surface area (Å²) in [5.41, 5.74) is 0.489. The van der Waals surface area contributed by atoms with Crippen molar-refractivity contribution >= 4 is 11.9 Å². The van der Waals surface area contributed by atoms with Gasteiger partial charge in [0.05, 0.1) is 0 Å². The van der Waals surface area contributed by atoms with Crippen molar-refractivity contribution in [1.29, 1.82) is 0 Å². The number of hydrogen-bond acceptors (Lipinski definition) is 7. The SMILES string of the molecule is Cc1oc(=O)oc1COC(=O)C(C)(C)NC(=O)c1cc2c(n(CC3CCCCC3)c1=O)CCCCCC2. The number of pyridine rings is 1. The molecule has 0 unspecified atom stereocenters. The van der Waals surface area contributed by atoms with Gasteiger partial charge in [-0.2, -0.15) is 0 Å². The molecule has 37 heavy (non-hydrogen) atoms. The van der Waals surface area contributed by atoms with Crippen LogP contribution in [-0.4, -0.2) is 22.0 Å². The molecule has 0 aromatic carbocycles. The van der Waals surface area contributed by atoms with Crippen LogP contribution >= 0.6 is 0 Å². The summed E-state index contributed by atoms with van der Waals surface area (Å²) in [5.74, 6) is -1.43. The highest BCUT2D eigenvalue weighted by molar-refractivity contribution is 5.97. The molecule has 2 heterocycles. The van der Waals surface area contributed by atoms with Crippen LogP contribution in [0.3, 0.4) is 0 Å². The Labute approximate surface area is 216 Å². The van der Waals surface area contributed by atoms with E-state index in [2.05, 4.69) is 5.32 Å². The van der Waals surface area contributed by atoms with Gasteiger partial charge in [0, 0.05) is 12.2 Å². The summed E-state index contributed by atoms with van der Waals surface area (Å²) in [6.45, 7) is 4.89. The molecular weight excluding hydrogens is 476 g/mol. The lowest BCUT2D eigenvalue weighted by Crippen LogP contribution is -2.52. The van der Waals surface area contributed by atoms with Crippen molar-refractivity contribution in [2.75, 3.05) is 0 Å². The van der Waals surface area contributed by atoms with Crippen LogP contribution < -0.4 is 16.7 Å². The summed E-state index contributed by atoms with van der Waals surface area (Å²) in [7, 11) is 0. The molecule has 1 amide bonds. The minimum atomic E-state index is -1.42. The molecule has 0 bridgehead atoms. The number of ether oxygens (including phenoxy) is 1. The maximum atomic E-state index is 13.7. The van der Waals surface area contributed by atoms with Crippen molar-refractivity contribution in [3.05, 3.63) is 55.4 Å². The first-order valence-electron chi connectivity index (χ1n) is 13.5. The average molecular weight is 515 g/mol. The lowest BCUT2D eigenvalue weighted by molar-refractivity contribution is -0.151. The fraction of sp³-hybridized carbons (Fsp3) is 0.643. The lowest BCUT2D eigenvalue weighted by Gasteiger charge is -2.27. The summed E-state index contributed by atoms with van der Waals surface area (Å²) in [6, 6.07) is 1.74. The van der Waals surface area contributed by atoms with E-state index in [1.54, 1.807) is 6.07 Å². The Morgan fingerprint density at radius 2 is 1.70 bits per heavy atom.